The SMILES string of the molecule is COC1(OC)C=Cc2cccc(C3CCCC3)c21. The third kappa shape index (κ3) is 1.63. The lowest BCUT2D eigenvalue weighted by Crippen LogP contribution is -2.28. The summed E-state index contributed by atoms with van der Waals surface area (Å²) < 4.78 is 11.3. The highest BCUT2D eigenvalue weighted by atomic mass is 16.7. The van der Waals surface area contributed by atoms with Crippen LogP contribution >= 0.6 is 0 Å². The van der Waals surface area contributed by atoms with Gasteiger partial charge in [0.05, 0.1) is 0 Å². The van der Waals surface area contributed by atoms with Gasteiger partial charge in [-0.2, -0.15) is 0 Å². The minimum absolute atomic E-state index is 0.671. The molecule has 1 fully saturated rings. The molecule has 1 aromatic carbocycles. The van der Waals surface area contributed by atoms with Crippen LogP contribution < -0.4 is 0 Å². The molecule has 0 aromatic heterocycles. The molecule has 0 radical (unpaired) electrons. The van der Waals surface area contributed by atoms with Gasteiger partial charge in [0.15, 0.2) is 0 Å². The van der Waals surface area contributed by atoms with Crippen molar-refractivity contribution in [1.82, 2.24) is 0 Å². The third-order valence-corrected chi connectivity index (χ3v) is 4.36. The van der Waals surface area contributed by atoms with Gasteiger partial charge in [-0.3, -0.25) is 0 Å². The van der Waals surface area contributed by atoms with Crippen molar-refractivity contribution < 1.29 is 9.47 Å². The van der Waals surface area contributed by atoms with Crippen molar-refractivity contribution >= 4 is 6.08 Å². The molecule has 2 aliphatic rings. The van der Waals surface area contributed by atoms with Gasteiger partial charge >= 0.3 is 0 Å². The molecule has 18 heavy (non-hydrogen) atoms. The largest absolute Gasteiger partial charge is 0.346 e. The first-order chi connectivity index (χ1) is 8.80. The van der Waals surface area contributed by atoms with Crippen molar-refractivity contribution in [1.29, 1.82) is 0 Å². The molecule has 1 saturated carbocycles. The van der Waals surface area contributed by atoms with E-state index in [1.165, 1.54) is 42.4 Å². The van der Waals surface area contributed by atoms with Gasteiger partial charge in [-0.15, -0.1) is 0 Å². The summed E-state index contributed by atoms with van der Waals surface area (Å²) in [6.07, 6.45) is 9.40. The van der Waals surface area contributed by atoms with Crippen LogP contribution in [0.4, 0.5) is 0 Å². The van der Waals surface area contributed by atoms with Gasteiger partial charge in [0.2, 0.25) is 5.79 Å². The fourth-order valence-corrected chi connectivity index (χ4v) is 3.41. The Labute approximate surface area is 109 Å². The molecule has 2 aliphatic carbocycles. The standard InChI is InChI=1S/C16H20O2/c1-17-16(18-2)11-10-13-8-5-9-14(15(13)16)12-6-3-4-7-12/h5,8-12H,3-4,6-7H2,1-2H3. The van der Waals surface area contributed by atoms with Crippen LogP contribution in [0.15, 0.2) is 24.3 Å². The van der Waals surface area contributed by atoms with E-state index < -0.39 is 5.79 Å². The number of ether oxygens (including phenoxy) is 2. The molecule has 3 rings (SSSR count). The Balaban J connectivity index is 2.11. The van der Waals surface area contributed by atoms with Crippen molar-refractivity contribution in [2.75, 3.05) is 14.2 Å². The first-order valence-corrected chi connectivity index (χ1v) is 6.73. The van der Waals surface area contributed by atoms with Crippen molar-refractivity contribution in [2.24, 2.45) is 0 Å². The van der Waals surface area contributed by atoms with E-state index in [1.54, 1.807) is 14.2 Å². The molecule has 2 heteroatoms. The molecule has 0 aliphatic heterocycles. The molecule has 0 heterocycles. The lowest BCUT2D eigenvalue weighted by Gasteiger charge is -2.29. The van der Waals surface area contributed by atoms with Crippen LogP contribution in [0.3, 0.4) is 0 Å². The maximum atomic E-state index is 5.67. The number of hydrogen-bond donors (Lipinski definition) is 0. The van der Waals surface area contributed by atoms with Crippen LogP contribution in [-0.4, -0.2) is 14.2 Å². The summed E-state index contributed by atoms with van der Waals surface area (Å²) in [5, 5.41) is 0. The Morgan fingerprint density at radius 1 is 1.11 bits per heavy atom. The normalized spacial score (nSPS) is 21.4. The number of benzene rings is 1. The molecule has 0 amide bonds. The van der Waals surface area contributed by atoms with Crippen LogP contribution in [0.5, 0.6) is 0 Å². The van der Waals surface area contributed by atoms with Gasteiger partial charge in [0.25, 0.3) is 0 Å². The van der Waals surface area contributed by atoms with Crippen LogP contribution in [0.2, 0.25) is 0 Å². The summed E-state index contributed by atoms with van der Waals surface area (Å²) in [5.41, 5.74) is 3.88. The second-order valence-electron chi connectivity index (χ2n) is 5.20. The fourth-order valence-electron chi connectivity index (χ4n) is 3.41. The van der Waals surface area contributed by atoms with Gasteiger partial charge in [0, 0.05) is 19.8 Å². The molecule has 1 aromatic rings. The summed E-state index contributed by atoms with van der Waals surface area (Å²) in [4.78, 5) is 0. The van der Waals surface area contributed by atoms with Crippen LogP contribution in [-0.2, 0) is 15.3 Å². The predicted molar refractivity (Wildman–Crippen MR) is 72.4 cm³/mol. The van der Waals surface area contributed by atoms with Crippen LogP contribution in [0, 0.1) is 0 Å². The third-order valence-electron chi connectivity index (χ3n) is 4.36. The number of methoxy groups -OCH3 is 2. The first-order valence-electron chi connectivity index (χ1n) is 6.73. The van der Waals surface area contributed by atoms with E-state index in [1.807, 2.05) is 6.08 Å². The predicted octanol–water partition coefficient (Wildman–Crippen LogP) is 3.82. The zero-order valence-corrected chi connectivity index (χ0v) is 11.1. The van der Waals surface area contributed by atoms with Crippen LogP contribution in [0.1, 0.15) is 48.3 Å². The molecule has 0 atom stereocenters. The second kappa shape index (κ2) is 4.52. The lowest BCUT2D eigenvalue weighted by atomic mass is 9.88. The van der Waals surface area contributed by atoms with Gasteiger partial charge in [-0.25, -0.2) is 0 Å². The molecule has 2 nitrogen and oxygen atoms in total. The van der Waals surface area contributed by atoms with Crippen molar-refractivity contribution in [3.63, 3.8) is 0 Å². The first kappa shape index (κ1) is 11.9. The molecule has 96 valence electrons. The summed E-state index contributed by atoms with van der Waals surface area (Å²) in [6.45, 7) is 0. The van der Waals surface area contributed by atoms with Crippen molar-refractivity contribution in [3.05, 3.63) is 41.0 Å². The van der Waals surface area contributed by atoms with E-state index in [-0.39, 0.29) is 0 Å². The highest BCUT2D eigenvalue weighted by molar-refractivity contribution is 5.65. The van der Waals surface area contributed by atoms with Crippen molar-refractivity contribution in [2.45, 2.75) is 37.4 Å². The molecular formula is C16H20O2. The summed E-state index contributed by atoms with van der Waals surface area (Å²) in [5.74, 6) is -0.00125. The fraction of sp³-hybridized carbons (Fsp3) is 0.500. The van der Waals surface area contributed by atoms with E-state index in [4.69, 9.17) is 9.47 Å². The maximum absolute atomic E-state index is 5.67. The lowest BCUT2D eigenvalue weighted by molar-refractivity contribution is -0.176. The van der Waals surface area contributed by atoms with E-state index in [0.29, 0.717) is 5.92 Å². The minimum atomic E-state index is -0.672. The summed E-state index contributed by atoms with van der Waals surface area (Å²) >= 11 is 0. The zero-order valence-electron chi connectivity index (χ0n) is 11.1. The van der Waals surface area contributed by atoms with Gasteiger partial charge in [0.1, 0.15) is 0 Å². The maximum Gasteiger partial charge on any atom is 0.215 e. The number of hydrogen-bond acceptors (Lipinski definition) is 2. The second-order valence-corrected chi connectivity index (χ2v) is 5.20. The van der Waals surface area contributed by atoms with Crippen LogP contribution in [0.25, 0.3) is 6.08 Å². The number of rotatable bonds is 3. The Bertz CT molecular complexity index is 466. The molecule has 0 saturated heterocycles. The quantitative estimate of drug-likeness (QED) is 0.753. The summed E-state index contributed by atoms with van der Waals surface area (Å²) in [7, 11) is 3.43. The van der Waals surface area contributed by atoms with Gasteiger partial charge < -0.3 is 9.47 Å². The minimum Gasteiger partial charge on any atom is -0.346 e. The van der Waals surface area contributed by atoms with Gasteiger partial charge in [-0.05, 0) is 36.0 Å². The molecule has 0 N–H and O–H groups in total. The van der Waals surface area contributed by atoms with Gasteiger partial charge in [-0.1, -0.05) is 37.1 Å². The highest BCUT2D eigenvalue weighted by Gasteiger charge is 2.38. The highest BCUT2D eigenvalue weighted by Crippen LogP contribution is 2.45. The van der Waals surface area contributed by atoms with E-state index in [9.17, 15) is 0 Å². The monoisotopic (exact) mass is 244 g/mol. The molecule has 0 bridgehead atoms. The Hall–Kier alpha value is -1.12. The topological polar surface area (TPSA) is 18.5 Å². The van der Waals surface area contributed by atoms with E-state index >= 15 is 0 Å². The van der Waals surface area contributed by atoms with Crippen molar-refractivity contribution in [3.8, 4) is 0 Å². The molecule has 0 spiro atoms. The molecular weight excluding hydrogens is 224 g/mol. The average molecular weight is 244 g/mol. The Kier molecular flexibility index (Phi) is 3.00. The summed E-state index contributed by atoms with van der Waals surface area (Å²) in [6, 6.07) is 6.54. The Morgan fingerprint density at radius 3 is 2.50 bits per heavy atom. The zero-order chi connectivity index (χ0) is 12.6. The smallest absolute Gasteiger partial charge is 0.215 e. The van der Waals surface area contributed by atoms with E-state index in [0.717, 1.165) is 0 Å². The number of fused-ring (bicyclic) bond motifs is 1. The molecule has 0 unspecified atom stereocenters. The van der Waals surface area contributed by atoms with E-state index in [2.05, 4.69) is 24.3 Å². The average Bonchev–Trinajstić information content (AvgIpc) is 3.06. The Morgan fingerprint density at radius 2 is 1.83 bits per heavy atom.